The third kappa shape index (κ3) is 3.56. The van der Waals surface area contributed by atoms with E-state index in [1.54, 1.807) is 11.8 Å². The number of nitrogens with zero attached hydrogens (tertiary/aromatic N) is 2. The molecule has 0 aliphatic carbocycles. The summed E-state index contributed by atoms with van der Waals surface area (Å²) < 4.78 is 9.83. The van der Waals surface area contributed by atoms with Crippen LogP contribution in [-0.4, -0.2) is 41.5 Å². The predicted molar refractivity (Wildman–Crippen MR) is 66.1 cm³/mol. The summed E-state index contributed by atoms with van der Waals surface area (Å²) >= 11 is 0. The number of likely N-dealkylation sites (tertiary alicyclic amines) is 1. The highest BCUT2D eigenvalue weighted by atomic mass is 16.5. The molecule has 0 atom stereocenters. The summed E-state index contributed by atoms with van der Waals surface area (Å²) in [6.07, 6.45) is 4.38. The monoisotopic (exact) mass is 266 g/mol. The summed E-state index contributed by atoms with van der Waals surface area (Å²) in [4.78, 5) is 29.3. The number of carbonyl (C=O) groups excluding carboxylic acids is 2. The highest BCUT2D eigenvalue weighted by Gasteiger charge is 2.28. The van der Waals surface area contributed by atoms with Gasteiger partial charge in [-0.2, -0.15) is 0 Å². The molecule has 0 saturated carbocycles. The van der Waals surface area contributed by atoms with E-state index in [0.29, 0.717) is 38.2 Å². The van der Waals surface area contributed by atoms with E-state index < -0.39 is 0 Å². The standard InChI is InChI=1S/C13H18N2O4/c1-2-19-13(17)10-3-5-15(6-4-10)12(16)7-11-8-18-9-14-11/h8-10H,2-7H2,1H3. The maximum Gasteiger partial charge on any atom is 0.309 e. The van der Waals surface area contributed by atoms with Gasteiger partial charge in [0.2, 0.25) is 5.91 Å². The van der Waals surface area contributed by atoms with Crippen molar-refractivity contribution < 1.29 is 18.7 Å². The molecule has 2 heterocycles. The molecule has 19 heavy (non-hydrogen) atoms. The van der Waals surface area contributed by atoms with Crippen LogP contribution in [0.1, 0.15) is 25.5 Å². The van der Waals surface area contributed by atoms with Crippen molar-refractivity contribution in [1.29, 1.82) is 0 Å². The normalized spacial score (nSPS) is 16.4. The SMILES string of the molecule is CCOC(=O)C1CCN(C(=O)Cc2cocn2)CC1. The van der Waals surface area contributed by atoms with E-state index in [9.17, 15) is 9.59 Å². The quantitative estimate of drug-likeness (QED) is 0.761. The van der Waals surface area contributed by atoms with Crippen molar-refractivity contribution in [3.8, 4) is 0 Å². The largest absolute Gasteiger partial charge is 0.466 e. The number of oxazole rings is 1. The third-order valence-corrected chi connectivity index (χ3v) is 3.28. The van der Waals surface area contributed by atoms with E-state index in [1.807, 2.05) is 0 Å². The average molecular weight is 266 g/mol. The van der Waals surface area contributed by atoms with Crippen LogP contribution in [0.2, 0.25) is 0 Å². The molecule has 1 aromatic rings. The first-order valence-corrected chi connectivity index (χ1v) is 6.52. The molecule has 0 aromatic carbocycles. The zero-order chi connectivity index (χ0) is 13.7. The van der Waals surface area contributed by atoms with Crippen molar-refractivity contribution >= 4 is 11.9 Å². The molecular formula is C13H18N2O4. The highest BCUT2D eigenvalue weighted by molar-refractivity contribution is 5.79. The van der Waals surface area contributed by atoms with Gasteiger partial charge in [-0.15, -0.1) is 0 Å². The number of hydrogen-bond donors (Lipinski definition) is 0. The van der Waals surface area contributed by atoms with Gasteiger partial charge < -0.3 is 14.1 Å². The number of piperidine rings is 1. The van der Waals surface area contributed by atoms with E-state index in [1.165, 1.54) is 12.7 Å². The number of carbonyl (C=O) groups is 2. The summed E-state index contributed by atoms with van der Waals surface area (Å²) in [5.74, 6) is -0.196. The minimum absolute atomic E-state index is 0.0243. The molecule has 1 amide bonds. The van der Waals surface area contributed by atoms with Gasteiger partial charge >= 0.3 is 5.97 Å². The van der Waals surface area contributed by atoms with Gasteiger partial charge in [0, 0.05) is 13.1 Å². The van der Waals surface area contributed by atoms with Crippen LogP contribution >= 0.6 is 0 Å². The molecule has 1 aromatic heterocycles. The minimum atomic E-state index is -0.147. The van der Waals surface area contributed by atoms with Gasteiger partial charge in [0.05, 0.1) is 24.6 Å². The maximum atomic E-state index is 12.0. The molecule has 0 spiro atoms. The summed E-state index contributed by atoms with van der Waals surface area (Å²) in [7, 11) is 0. The van der Waals surface area contributed by atoms with Crippen molar-refractivity contribution in [3.63, 3.8) is 0 Å². The Labute approximate surface area is 111 Å². The Morgan fingerprint density at radius 2 is 2.21 bits per heavy atom. The molecule has 0 N–H and O–H groups in total. The van der Waals surface area contributed by atoms with Gasteiger partial charge in [-0.05, 0) is 19.8 Å². The Morgan fingerprint density at radius 1 is 1.47 bits per heavy atom. The van der Waals surface area contributed by atoms with Gasteiger partial charge in [-0.25, -0.2) is 4.98 Å². The van der Waals surface area contributed by atoms with Gasteiger partial charge in [-0.1, -0.05) is 0 Å². The van der Waals surface area contributed by atoms with Gasteiger partial charge in [-0.3, -0.25) is 9.59 Å². The van der Waals surface area contributed by atoms with E-state index in [2.05, 4.69) is 4.98 Å². The Bertz CT molecular complexity index is 422. The Balaban J connectivity index is 1.79. The molecule has 1 saturated heterocycles. The molecule has 104 valence electrons. The fourth-order valence-electron chi connectivity index (χ4n) is 2.22. The van der Waals surface area contributed by atoms with Crippen LogP contribution in [0.5, 0.6) is 0 Å². The molecule has 2 rings (SSSR count). The van der Waals surface area contributed by atoms with E-state index in [-0.39, 0.29) is 24.2 Å². The van der Waals surface area contributed by atoms with E-state index >= 15 is 0 Å². The lowest BCUT2D eigenvalue weighted by atomic mass is 9.97. The molecular weight excluding hydrogens is 248 g/mol. The topological polar surface area (TPSA) is 72.6 Å². The molecule has 0 bridgehead atoms. The Morgan fingerprint density at radius 3 is 2.79 bits per heavy atom. The fourth-order valence-corrected chi connectivity index (χ4v) is 2.22. The molecule has 0 radical (unpaired) electrons. The van der Waals surface area contributed by atoms with Crippen molar-refractivity contribution in [2.24, 2.45) is 5.92 Å². The fraction of sp³-hybridized carbons (Fsp3) is 0.615. The smallest absolute Gasteiger partial charge is 0.309 e. The molecule has 6 heteroatoms. The summed E-state index contributed by atoms with van der Waals surface area (Å²) in [5, 5.41) is 0. The first-order valence-electron chi connectivity index (χ1n) is 6.52. The second-order valence-corrected chi connectivity index (χ2v) is 4.56. The number of rotatable bonds is 4. The van der Waals surface area contributed by atoms with Crippen LogP contribution in [-0.2, 0) is 20.7 Å². The second-order valence-electron chi connectivity index (χ2n) is 4.56. The zero-order valence-electron chi connectivity index (χ0n) is 11.0. The van der Waals surface area contributed by atoms with Crippen molar-refractivity contribution in [2.75, 3.05) is 19.7 Å². The number of aromatic nitrogens is 1. The first kappa shape index (κ1) is 13.6. The molecule has 1 aliphatic heterocycles. The number of ether oxygens (including phenoxy) is 1. The van der Waals surface area contributed by atoms with Crippen molar-refractivity contribution in [2.45, 2.75) is 26.2 Å². The van der Waals surface area contributed by atoms with Crippen LogP contribution in [0.15, 0.2) is 17.1 Å². The van der Waals surface area contributed by atoms with Crippen LogP contribution in [0.25, 0.3) is 0 Å². The van der Waals surface area contributed by atoms with Crippen LogP contribution < -0.4 is 0 Å². The Kier molecular flexibility index (Phi) is 4.54. The number of amides is 1. The predicted octanol–water partition coefficient (Wildman–Crippen LogP) is 1.02. The highest BCUT2D eigenvalue weighted by Crippen LogP contribution is 2.19. The maximum absolute atomic E-state index is 12.0. The van der Waals surface area contributed by atoms with E-state index in [0.717, 1.165) is 0 Å². The lowest BCUT2D eigenvalue weighted by Crippen LogP contribution is -2.41. The summed E-state index contributed by atoms with van der Waals surface area (Å²) in [6.45, 7) is 3.40. The lowest BCUT2D eigenvalue weighted by Gasteiger charge is -2.30. The second kappa shape index (κ2) is 6.36. The van der Waals surface area contributed by atoms with Crippen molar-refractivity contribution in [1.82, 2.24) is 9.88 Å². The zero-order valence-corrected chi connectivity index (χ0v) is 11.0. The molecule has 1 fully saturated rings. The van der Waals surface area contributed by atoms with Crippen LogP contribution in [0.4, 0.5) is 0 Å². The molecule has 6 nitrogen and oxygen atoms in total. The summed E-state index contributed by atoms with van der Waals surface area (Å²) in [6, 6.07) is 0. The van der Waals surface area contributed by atoms with Crippen molar-refractivity contribution in [3.05, 3.63) is 18.4 Å². The Hall–Kier alpha value is -1.85. The molecule has 0 unspecified atom stereocenters. The number of hydrogen-bond acceptors (Lipinski definition) is 5. The third-order valence-electron chi connectivity index (χ3n) is 3.28. The van der Waals surface area contributed by atoms with Gasteiger partial charge in [0.25, 0.3) is 0 Å². The van der Waals surface area contributed by atoms with Crippen LogP contribution in [0.3, 0.4) is 0 Å². The molecule has 1 aliphatic rings. The average Bonchev–Trinajstić information content (AvgIpc) is 2.92. The van der Waals surface area contributed by atoms with E-state index in [4.69, 9.17) is 9.15 Å². The lowest BCUT2D eigenvalue weighted by molar-refractivity contribution is -0.151. The van der Waals surface area contributed by atoms with Gasteiger partial charge in [0.1, 0.15) is 6.26 Å². The van der Waals surface area contributed by atoms with Crippen LogP contribution in [0, 0.1) is 5.92 Å². The minimum Gasteiger partial charge on any atom is -0.466 e. The first-order chi connectivity index (χ1) is 9.20. The van der Waals surface area contributed by atoms with Gasteiger partial charge in [0.15, 0.2) is 6.39 Å². The number of esters is 1. The summed E-state index contributed by atoms with van der Waals surface area (Å²) in [5.41, 5.74) is 0.637.